The van der Waals surface area contributed by atoms with E-state index >= 15 is 0 Å². The van der Waals surface area contributed by atoms with Crippen LogP contribution in [-0.2, 0) is 0 Å². The fraction of sp³-hybridized carbons (Fsp3) is 0.286. The third kappa shape index (κ3) is 3.12. The molecule has 0 atom stereocenters. The van der Waals surface area contributed by atoms with Gasteiger partial charge in [0.15, 0.2) is 0 Å². The molecule has 1 rings (SSSR count). The van der Waals surface area contributed by atoms with E-state index in [9.17, 15) is 0 Å². The van der Waals surface area contributed by atoms with Crippen molar-refractivity contribution < 1.29 is 0 Å². The number of hydrogen-bond donors (Lipinski definition) is 0. The Morgan fingerprint density at radius 2 is 2.07 bits per heavy atom. The first-order valence-electron chi connectivity index (χ1n) is 5.24. The normalized spacial score (nSPS) is 11.2. The summed E-state index contributed by atoms with van der Waals surface area (Å²) in [7, 11) is 5.54. The molecule has 0 aromatic heterocycles. The molecule has 0 saturated heterocycles. The maximum atomic E-state index is 5.54. The second kappa shape index (κ2) is 5.02. The molecular formula is C14H17B. The molecule has 1 heteroatoms. The predicted molar refractivity (Wildman–Crippen MR) is 69.2 cm³/mol. The van der Waals surface area contributed by atoms with Crippen molar-refractivity contribution in [1.82, 2.24) is 0 Å². The highest BCUT2D eigenvalue weighted by Crippen LogP contribution is 2.23. The predicted octanol–water partition coefficient (Wildman–Crippen LogP) is 3.81. The molecule has 0 aliphatic heterocycles. The van der Waals surface area contributed by atoms with Crippen molar-refractivity contribution in [2.75, 3.05) is 0 Å². The van der Waals surface area contributed by atoms with Gasteiger partial charge in [-0.05, 0) is 29.5 Å². The maximum Gasteiger partial charge on any atom is 0.112 e. The second-order valence-electron chi connectivity index (χ2n) is 4.14. The molecule has 76 valence electrons. The van der Waals surface area contributed by atoms with Gasteiger partial charge in [0.25, 0.3) is 0 Å². The molecule has 15 heavy (non-hydrogen) atoms. The lowest BCUT2D eigenvalue weighted by molar-refractivity contribution is 0.862. The Labute approximate surface area is 94.1 Å². The summed E-state index contributed by atoms with van der Waals surface area (Å²) in [5, 5.41) is 0. The van der Waals surface area contributed by atoms with E-state index in [2.05, 4.69) is 45.5 Å². The van der Waals surface area contributed by atoms with Crippen LogP contribution >= 0.6 is 0 Å². The van der Waals surface area contributed by atoms with E-state index in [4.69, 9.17) is 7.85 Å². The highest BCUT2D eigenvalue weighted by molar-refractivity contribution is 6.23. The van der Waals surface area contributed by atoms with Gasteiger partial charge in [0, 0.05) is 0 Å². The molecule has 0 spiro atoms. The lowest BCUT2D eigenvalue weighted by Crippen LogP contribution is -1.94. The summed E-state index contributed by atoms with van der Waals surface area (Å²) in [5.41, 5.74) is 4.48. The van der Waals surface area contributed by atoms with Crippen LogP contribution in [0.4, 0.5) is 0 Å². The number of rotatable bonds is 3. The number of hydrogen-bond acceptors (Lipinski definition) is 0. The van der Waals surface area contributed by atoms with Crippen LogP contribution in [0.25, 0.3) is 6.08 Å². The van der Waals surface area contributed by atoms with Gasteiger partial charge in [0.2, 0.25) is 0 Å². The zero-order valence-corrected chi connectivity index (χ0v) is 9.75. The molecule has 0 amide bonds. The van der Waals surface area contributed by atoms with Crippen molar-refractivity contribution in [2.45, 2.75) is 26.7 Å². The number of benzene rings is 1. The molecule has 1 aromatic rings. The monoisotopic (exact) mass is 196 g/mol. The van der Waals surface area contributed by atoms with Crippen LogP contribution in [0.2, 0.25) is 0 Å². The summed E-state index contributed by atoms with van der Waals surface area (Å²) >= 11 is 0. The van der Waals surface area contributed by atoms with E-state index in [-0.39, 0.29) is 0 Å². The summed E-state index contributed by atoms with van der Waals surface area (Å²) in [4.78, 5) is 0. The fourth-order valence-electron chi connectivity index (χ4n) is 1.62. The Morgan fingerprint density at radius 3 is 2.60 bits per heavy atom. The van der Waals surface area contributed by atoms with Crippen molar-refractivity contribution in [3.05, 3.63) is 53.0 Å². The van der Waals surface area contributed by atoms with E-state index in [1.165, 1.54) is 16.7 Å². The zero-order valence-electron chi connectivity index (χ0n) is 9.75. The highest BCUT2D eigenvalue weighted by atomic mass is 14.1. The molecule has 0 aliphatic rings. The van der Waals surface area contributed by atoms with Gasteiger partial charge in [0.05, 0.1) is 0 Å². The minimum Gasteiger partial charge on any atom is -0.106 e. The van der Waals surface area contributed by atoms with E-state index in [0.717, 1.165) is 0 Å². The molecule has 2 radical (unpaired) electrons. The topological polar surface area (TPSA) is 0 Å². The average Bonchev–Trinajstić information content (AvgIpc) is 2.15. The molecule has 0 fully saturated rings. The lowest BCUT2D eigenvalue weighted by Gasteiger charge is -2.12. The Balaban J connectivity index is 3.19. The standard InChI is InChI=1S/C14H17B/c1-10(2)13-7-5-6-11(3)14(13)9-8-12(4)15/h5-10H,4H2,1-3H3/b9-8-. The summed E-state index contributed by atoms with van der Waals surface area (Å²) in [6.45, 7) is 10.2. The quantitative estimate of drug-likeness (QED) is 0.509. The molecule has 1 aromatic carbocycles. The Bertz CT molecular complexity index is 386. The maximum absolute atomic E-state index is 5.54. The summed E-state index contributed by atoms with van der Waals surface area (Å²) in [6, 6.07) is 6.38. The van der Waals surface area contributed by atoms with E-state index in [1.807, 2.05) is 12.2 Å². The van der Waals surface area contributed by atoms with Gasteiger partial charge in [-0.15, -0.1) is 12.1 Å². The van der Waals surface area contributed by atoms with Crippen molar-refractivity contribution >= 4 is 13.9 Å². The van der Waals surface area contributed by atoms with E-state index in [1.54, 1.807) is 0 Å². The molecule has 0 aliphatic carbocycles. The summed E-state index contributed by atoms with van der Waals surface area (Å²) in [5.74, 6) is 0.524. The van der Waals surface area contributed by atoms with Crippen LogP contribution < -0.4 is 0 Å². The van der Waals surface area contributed by atoms with Crippen LogP contribution in [0.5, 0.6) is 0 Å². The highest BCUT2D eigenvalue weighted by Gasteiger charge is 2.05. The number of allylic oxidation sites excluding steroid dienone is 2. The Morgan fingerprint density at radius 1 is 1.40 bits per heavy atom. The minimum absolute atomic E-state index is 0.524. The zero-order chi connectivity index (χ0) is 11.4. The third-order valence-electron chi connectivity index (χ3n) is 2.44. The van der Waals surface area contributed by atoms with Crippen LogP contribution in [0.3, 0.4) is 0 Å². The first-order valence-corrected chi connectivity index (χ1v) is 5.24. The van der Waals surface area contributed by atoms with Crippen LogP contribution in [-0.4, -0.2) is 7.85 Å². The molecular weight excluding hydrogens is 179 g/mol. The van der Waals surface area contributed by atoms with E-state index < -0.39 is 0 Å². The average molecular weight is 196 g/mol. The first-order chi connectivity index (χ1) is 7.02. The van der Waals surface area contributed by atoms with E-state index in [0.29, 0.717) is 11.4 Å². The molecule has 0 heterocycles. The van der Waals surface area contributed by atoms with Crippen molar-refractivity contribution in [3.63, 3.8) is 0 Å². The SMILES string of the molecule is [B]C(=C)/C=C\c1c(C)cccc1C(C)C. The van der Waals surface area contributed by atoms with Crippen molar-refractivity contribution in [3.8, 4) is 0 Å². The lowest BCUT2D eigenvalue weighted by atomic mass is 9.91. The van der Waals surface area contributed by atoms with Gasteiger partial charge in [-0.25, -0.2) is 0 Å². The van der Waals surface area contributed by atoms with Gasteiger partial charge >= 0.3 is 0 Å². The Kier molecular flexibility index (Phi) is 3.96. The van der Waals surface area contributed by atoms with Crippen LogP contribution in [0.1, 0.15) is 36.5 Å². The van der Waals surface area contributed by atoms with Gasteiger partial charge in [-0.1, -0.05) is 44.2 Å². The smallest absolute Gasteiger partial charge is 0.106 e. The molecule has 0 saturated carbocycles. The van der Waals surface area contributed by atoms with Gasteiger partial charge in [-0.2, -0.15) is 0 Å². The molecule has 0 unspecified atom stereocenters. The largest absolute Gasteiger partial charge is 0.112 e. The van der Waals surface area contributed by atoms with Crippen LogP contribution in [0.15, 0.2) is 36.3 Å². The van der Waals surface area contributed by atoms with Gasteiger partial charge in [-0.3, -0.25) is 0 Å². The second-order valence-corrected chi connectivity index (χ2v) is 4.14. The van der Waals surface area contributed by atoms with Gasteiger partial charge < -0.3 is 0 Å². The summed E-state index contributed by atoms with van der Waals surface area (Å²) < 4.78 is 0. The number of aryl methyl sites for hydroxylation is 1. The Hall–Kier alpha value is -1.24. The van der Waals surface area contributed by atoms with Crippen LogP contribution in [0, 0.1) is 6.92 Å². The first kappa shape index (κ1) is 11.8. The molecule has 0 bridgehead atoms. The molecule has 0 nitrogen and oxygen atoms in total. The minimum atomic E-state index is 0.524. The van der Waals surface area contributed by atoms with Gasteiger partial charge in [0.1, 0.15) is 7.85 Å². The van der Waals surface area contributed by atoms with Crippen molar-refractivity contribution in [2.24, 2.45) is 0 Å². The fourth-order valence-corrected chi connectivity index (χ4v) is 1.62. The molecule has 0 N–H and O–H groups in total. The third-order valence-corrected chi connectivity index (χ3v) is 2.44. The summed E-state index contributed by atoms with van der Waals surface area (Å²) in [6.07, 6.45) is 3.90. The van der Waals surface area contributed by atoms with Crippen molar-refractivity contribution in [1.29, 1.82) is 0 Å².